The Morgan fingerprint density at radius 2 is 1.91 bits per heavy atom. The molecule has 5 rings (SSSR count). The van der Waals surface area contributed by atoms with Crippen LogP contribution < -0.4 is 5.56 Å². The van der Waals surface area contributed by atoms with Crippen LogP contribution >= 0.6 is 11.6 Å². The standard InChI is InChI=1S/C24H25ClFN3O4/c1-12(2)10-28-21(14-4-5-14)29-19(23(28)32)15-7-8-27(22(31)18(15)20(30)24(29)33)11-13-3-6-17(26)16(25)9-13/h3,6,9,12,14,21,30H,4-5,7-8,10-11H2,1-2H3. The number of rotatable bonds is 5. The molecule has 1 fully saturated rings. The number of hydrogen-bond acceptors (Lipinski definition) is 4. The van der Waals surface area contributed by atoms with E-state index in [9.17, 15) is 23.9 Å². The minimum Gasteiger partial charge on any atom is -0.502 e. The van der Waals surface area contributed by atoms with Crippen LogP contribution in [0.2, 0.25) is 5.02 Å². The lowest BCUT2D eigenvalue weighted by molar-refractivity contribution is 0.0633. The molecule has 3 heterocycles. The average Bonchev–Trinajstić information content (AvgIpc) is 3.55. The molecule has 0 spiro atoms. The lowest BCUT2D eigenvalue weighted by atomic mass is 9.95. The van der Waals surface area contributed by atoms with E-state index < -0.39 is 29.2 Å². The fourth-order valence-electron chi connectivity index (χ4n) is 5.04. The van der Waals surface area contributed by atoms with E-state index >= 15 is 0 Å². The second-order valence-electron chi connectivity index (χ2n) is 9.55. The number of halogens is 2. The maximum absolute atomic E-state index is 13.5. The zero-order valence-corrected chi connectivity index (χ0v) is 19.2. The molecule has 9 heteroatoms. The van der Waals surface area contributed by atoms with Crippen molar-refractivity contribution in [1.29, 1.82) is 0 Å². The van der Waals surface area contributed by atoms with Gasteiger partial charge in [-0.25, -0.2) is 4.39 Å². The van der Waals surface area contributed by atoms with Gasteiger partial charge in [0.05, 0.1) is 10.6 Å². The highest BCUT2D eigenvalue weighted by Gasteiger charge is 2.49. The summed E-state index contributed by atoms with van der Waals surface area (Å²) in [6, 6.07) is 4.22. The van der Waals surface area contributed by atoms with Crippen LogP contribution in [0.4, 0.5) is 4.39 Å². The van der Waals surface area contributed by atoms with Crippen LogP contribution in [-0.4, -0.2) is 44.4 Å². The van der Waals surface area contributed by atoms with Gasteiger partial charge in [-0.15, -0.1) is 0 Å². The molecule has 2 amide bonds. The molecule has 0 radical (unpaired) electrons. The van der Waals surface area contributed by atoms with E-state index in [0.29, 0.717) is 30.6 Å². The number of nitrogens with zero attached hydrogens (tertiary/aromatic N) is 3. The molecular weight excluding hydrogens is 449 g/mol. The highest BCUT2D eigenvalue weighted by molar-refractivity contribution is 6.30. The Hall–Kier alpha value is -2.87. The Bertz CT molecular complexity index is 1240. The normalized spacial score (nSPS) is 20.0. The summed E-state index contributed by atoms with van der Waals surface area (Å²) in [6.45, 7) is 4.98. The molecule has 33 heavy (non-hydrogen) atoms. The molecule has 1 aromatic heterocycles. The van der Waals surface area contributed by atoms with Gasteiger partial charge in [-0.3, -0.25) is 19.0 Å². The minimum atomic E-state index is -0.694. The van der Waals surface area contributed by atoms with E-state index in [-0.39, 0.29) is 40.6 Å². The topological polar surface area (TPSA) is 82.9 Å². The molecule has 2 aromatic rings. The van der Waals surface area contributed by atoms with Gasteiger partial charge in [0.2, 0.25) is 0 Å². The molecule has 7 nitrogen and oxygen atoms in total. The second-order valence-corrected chi connectivity index (χ2v) is 9.96. The number of benzene rings is 1. The molecule has 1 aliphatic carbocycles. The van der Waals surface area contributed by atoms with Crippen LogP contribution in [0.25, 0.3) is 0 Å². The van der Waals surface area contributed by atoms with Crippen molar-refractivity contribution in [3.63, 3.8) is 0 Å². The van der Waals surface area contributed by atoms with Gasteiger partial charge < -0.3 is 14.9 Å². The number of amides is 2. The first-order valence-corrected chi connectivity index (χ1v) is 11.6. The number of carbonyl (C=O) groups excluding carboxylic acids is 2. The van der Waals surface area contributed by atoms with Gasteiger partial charge in [-0.05, 0) is 48.8 Å². The van der Waals surface area contributed by atoms with Crippen LogP contribution in [0.3, 0.4) is 0 Å². The number of carbonyl (C=O) groups is 2. The molecule has 2 aliphatic heterocycles. The predicted molar refractivity (Wildman–Crippen MR) is 120 cm³/mol. The largest absolute Gasteiger partial charge is 0.502 e. The van der Waals surface area contributed by atoms with Gasteiger partial charge in [-0.1, -0.05) is 31.5 Å². The summed E-state index contributed by atoms with van der Waals surface area (Å²) >= 11 is 5.86. The minimum absolute atomic E-state index is 0.0433. The van der Waals surface area contributed by atoms with Crippen molar-refractivity contribution in [3.05, 3.63) is 61.8 Å². The summed E-state index contributed by atoms with van der Waals surface area (Å²) in [4.78, 5) is 43.3. The first kappa shape index (κ1) is 21.9. The zero-order chi connectivity index (χ0) is 23.6. The highest BCUT2D eigenvalue weighted by atomic mass is 35.5. The van der Waals surface area contributed by atoms with Crippen molar-refractivity contribution in [2.24, 2.45) is 11.8 Å². The first-order valence-electron chi connectivity index (χ1n) is 11.2. The Kier molecular flexibility index (Phi) is 5.23. The molecule has 0 bridgehead atoms. The van der Waals surface area contributed by atoms with Gasteiger partial charge >= 0.3 is 0 Å². The zero-order valence-electron chi connectivity index (χ0n) is 18.5. The lowest BCUT2D eigenvalue weighted by Gasteiger charge is -2.30. The van der Waals surface area contributed by atoms with Crippen LogP contribution in [0, 0.1) is 17.7 Å². The number of hydrogen-bond donors (Lipinski definition) is 1. The number of aromatic hydroxyl groups is 1. The van der Waals surface area contributed by atoms with Gasteiger partial charge in [0.1, 0.15) is 17.7 Å². The van der Waals surface area contributed by atoms with E-state index in [2.05, 4.69) is 0 Å². The molecule has 3 aliphatic rings. The third-order valence-corrected chi connectivity index (χ3v) is 6.92. The molecule has 0 saturated heterocycles. The number of aromatic nitrogens is 1. The van der Waals surface area contributed by atoms with Crippen LogP contribution in [0.15, 0.2) is 23.0 Å². The highest BCUT2D eigenvalue weighted by Crippen LogP contribution is 2.46. The SMILES string of the molecule is CC(C)CN1C(=O)c2c3c(c(O)c(=O)n2C1C1CC1)C(=O)N(Cc1ccc(F)c(Cl)c1)CC3. The van der Waals surface area contributed by atoms with Crippen molar-refractivity contribution in [2.45, 2.75) is 45.8 Å². The van der Waals surface area contributed by atoms with Crippen LogP contribution in [0.5, 0.6) is 5.75 Å². The fourth-order valence-corrected chi connectivity index (χ4v) is 5.25. The number of pyridine rings is 1. The summed E-state index contributed by atoms with van der Waals surface area (Å²) in [5.74, 6) is -1.53. The van der Waals surface area contributed by atoms with Gasteiger partial charge in [-0.2, -0.15) is 0 Å². The monoisotopic (exact) mass is 473 g/mol. The predicted octanol–water partition coefficient (Wildman–Crippen LogP) is 3.57. The Labute approximate surface area is 195 Å². The molecule has 1 saturated carbocycles. The molecule has 174 valence electrons. The molecule has 1 unspecified atom stereocenters. The molecule has 1 atom stereocenters. The van der Waals surface area contributed by atoms with Crippen molar-refractivity contribution < 1.29 is 19.1 Å². The smallest absolute Gasteiger partial charge is 0.295 e. The van der Waals surface area contributed by atoms with E-state index in [1.807, 2.05) is 13.8 Å². The maximum atomic E-state index is 13.5. The molecular formula is C24H25ClFN3O4. The lowest BCUT2D eigenvalue weighted by Crippen LogP contribution is -2.40. The van der Waals surface area contributed by atoms with Crippen molar-refractivity contribution in [3.8, 4) is 5.75 Å². The van der Waals surface area contributed by atoms with E-state index in [1.54, 1.807) is 4.90 Å². The Morgan fingerprint density at radius 3 is 2.55 bits per heavy atom. The quantitative estimate of drug-likeness (QED) is 0.719. The maximum Gasteiger partial charge on any atom is 0.295 e. The average molecular weight is 474 g/mol. The summed E-state index contributed by atoms with van der Waals surface area (Å²) < 4.78 is 14.9. The summed E-state index contributed by atoms with van der Waals surface area (Å²) in [6.07, 6.45) is 1.76. The van der Waals surface area contributed by atoms with E-state index in [0.717, 1.165) is 12.8 Å². The summed E-state index contributed by atoms with van der Waals surface area (Å²) in [5, 5.41) is 10.8. The van der Waals surface area contributed by atoms with Gasteiger partial charge in [0, 0.05) is 25.2 Å². The van der Waals surface area contributed by atoms with Crippen molar-refractivity contribution in [2.75, 3.05) is 13.1 Å². The Balaban J connectivity index is 1.56. The molecule has 1 aromatic carbocycles. The Morgan fingerprint density at radius 1 is 1.18 bits per heavy atom. The fraction of sp³-hybridized carbons (Fsp3) is 0.458. The molecule has 1 N–H and O–H groups in total. The third kappa shape index (κ3) is 3.51. The van der Waals surface area contributed by atoms with Crippen molar-refractivity contribution >= 4 is 23.4 Å². The summed E-state index contributed by atoms with van der Waals surface area (Å²) in [5.41, 5.74) is 0.513. The first-order chi connectivity index (χ1) is 15.7. The second kappa shape index (κ2) is 7.87. The van der Waals surface area contributed by atoms with E-state index in [1.165, 1.54) is 27.7 Å². The summed E-state index contributed by atoms with van der Waals surface area (Å²) in [7, 11) is 0. The third-order valence-electron chi connectivity index (χ3n) is 6.63. The van der Waals surface area contributed by atoms with Crippen molar-refractivity contribution in [1.82, 2.24) is 14.4 Å². The number of fused-ring (bicyclic) bond motifs is 3. The van der Waals surface area contributed by atoms with Crippen LogP contribution in [0.1, 0.15) is 64.8 Å². The van der Waals surface area contributed by atoms with Gasteiger partial charge in [0.15, 0.2) is 5.75 Å². The van der Waals surface area contributed by atoms with Gasteiger partial charge in [0.25, 0.3) is 17.4 Å². The van der Waals surface area contributed by atoms with E-state index in [4.69, 9.17) is 11.6 Å². The van der Waals surface area contributed by atoms with Crippen LogP contribution in [-0.2, 0) is 13.0 Å².